The molecule has 0 unspecified atom stereocenters. The molecule has 0 aromatic heterocycles. The van der Waals surface area contributed by atoms with Gasteiger partial charge in [0.1, 0.15) is 11.6 Å². The molecule has 1 N–H and O–H groups in total. The minimum atomic E-state index is -0.413. The second-order valence-electron chi connectivity index (χ2n) is 7.03. The van der Waals surface area contributed by atoms with Crippen molar-refractivity contribution in [2.24, 2.45) is 0 Å². The smallest absolute Gasteiger partial charge is 0.266 e. The van der Waals surface area contributed by atoms with Crippen molar-refractivity contribution >= 4 is 29.0 Å². The van der Waals surface area contributed by atoms with Crippen LogP contribution in [0.4, 0.5) is 17.1 Å². The number of carbonyl (C=O) groups excluding carboxylic acids is 1. The van der Waals surface area contributed by atoms with E-state index in [2.05, 4.69) is 29.0 Å². The van der Waals surface area contributed by atoms with E-state index < -0.39 is 5.91 Å². The lowest BCUT2D eigenvalue weighted by Crippen LogP contribution is -2.36. The summed E-state index contributed by atoms with van der Waals surface area (Å²) in [6.45, 7) is 9.27. The largest absolute Gasteiger partial charge is 0.378 e. The first kappa shape index (κ1) is 21.4. The van der Waals surface area contributed by atoms with Crippen LogP contribution >= 0.6 is 0 Å². The highest BCUT2D eigenvalue weighted by Gasteiger charge is 2.13. The SMILES string of the molecule is CCN(CC)c1ccc(/C=C(\C#N)C(=O)Nc2ccc(N3CCOCC3)cc2)cc1. The monoisotopic (exact) mass is 404 g/mol. The van der Waals surface area contributed by atoms with Gasteiger partial charge in [-0.15, -0.1) is 0 Å². The van der Waals surface area contributed by atoms with Gasteiger partial charge < -0.3 is 19.9 Å². The molecule has 2 aromatic rings. The Morgan fingerprint density at radius 1 is 1.10 bits per heavy atom. The zero-order valence-electron chi connectivity index (χ0n) is 17.6. The number of hydrogen-bond acceptors (Lipinski definition) is 5. The molecule has 6 heteroatoms. The molecule has 30 heavy (non-hydrogen) atoms. The fourth-order valence-corrected chi connectivity index (χ4v) is 3.46. The predicted molar refractivity (Wildman–Crippen MR) is 122 cm³/mol. The zero-order valence-corrected chi connectivity index (χ0v) is 17.6. The summed E-state index contributed by atoms with van der Waals surface area (Å²) in [6, 6.07) is 17.5. The fourth-order valence-electron chi connectivity index (χ4n) is 3.46. The highest BCUT2D eigenvalue weighted by molar-refractivity contribution is 6.09. The number of carbonyl (C=O) groups is 1. The second-order valence-corrected chi connectivity index (χ2v) is 7.03. The van der Waals surface area contributed by atoms with Gasteiger partial charge >= 0.3 is 0 Å². The van der Waals surface area contributed by atoms with Crippen LogP contribution in [-0.2, 0) is 9.53 Å². The van der Waals surface area contributed by atoms with E-state index in [0.717, 1.165) is 56.3 Å². The summed E-state index contributed by atoms with van der Waals surface area (Å²) < 4.78 is 5.38. The highest BCUT2D eigenvalue weighted by Crippen LogP contribution is 2.20. The molecule has 156 valence electrons. The van der Waals surface area contributed by atoms with Crippen molar-refractivity contribution in [2.75, 3.05) is 54.5 Å². The average Bonchev–Trinajstić information content (AvgIpc) is 2.80. The molecule has 0 bridgehead atoms. The van der Waals surface area contributed by atoms with E-state index in [1.165, 1.54) is 0 Å². The summed E-state index contributed by atoms with van der Waals surface area (Å²) in [5.41, 5.74) is 3.78. The third-order valence-electron chi connectivity index (χ3n) is 5.20. The quantitative estimate of drug-likeness (QED) is 0.560. The van der Waals surface area contributed by atoms with Gasteiger partial charge in [0, 0.05) is 43.2 Å². The molecule has 3 rings (SSSR count). The van der Waals surface area contributed by atoms with Crippen molar-refractivity contribution in [3.8, 4) is 6.07 Å². The Labute approximate surface area is 178 Å². The van der Waals surface area contributed by atoms with Crippen LogP contribution in [0.1, 0.15) is 19.4 Å². The Bertz CT molecular complexity index is 904. The van der Waals surface area contributed by atoms with Crippen LogP contribution in [0.15, 0.2) is 54.1 Å². The number of morpholine rings is 1. The molecule has 1 amide bonds. The summed E-state index contributed by atoms with van der Waals surface area (Å²) >= 11 is 0. The van der Waals surface area contributed by atoms with Crippen LogP contribution < -0.4 is 15.1 Å². The fraction of sp³-hybridized carbons (Fsp3) is 0.333. The number of anilines is 3. The maximum absolute atomic E-state index is 12.6. The molecule has 1 saturated heterocycles. The standard InChI is InChI=1S/C24H28N4O2/c1-3-27(4-2)22-9-5-19(6-10-22)17-20(18-25)24(29)26-21-7-11-23(12-8-21)28-13-15-30-16-14-28/h5-12,17H,3-4,13-16H2,1-2H3,(H,26,29)/b20-17+. The molecule has 0 saturated carbocycles. The first-order valence-electron chi connectivity index (χ1n) is 10.4. The Hall–Kier alpha value is -3.30. The molecular weight excluding hydrogens is 376 g/mol. The van der Waals surface area contributed by atoms with Crippen molar-refractivity contribution in [3.63, 3.8) is 0 Å². The van der Waals surface area contributed by atoms with Crippen LogP contribution in [0.2, 0.25) is 0 Å². The van der Waals surface area contributed by atoms with Crippen molar-refractivity contribution in [1.82, 2.24) is 0 Å². The highest BCUT2D eigenvalue weighted by atomic mass is 16.5. The molecule has 1 aliphatic heterocycles. The molecule has 0 spiro atoms. The summed E-state index contributed by atoms with van der Waals surface area (Å²) in [7, 11) is 0. The number of benzene rings is 2. The number of nitrogens with one attached hydrogen (secondary N) is 1. The predicted octanol–water partition coefficient (Wildman–Crippen LogP) is 3.92. The molecule has 0 aliphatic carbocycles. The topological polar surface area (TPSA) is 68.6 Å². The number of nitriles is 1. The summed E-state index contributed by atoms with van der Waals surface area (Å²) in [5.74, 6) is -0.413. The van der Waals surface area contributed by atoms with Crippen LogP contribution in [0.5, 0.6) is 0 Å². The van der Waals surface area contributed by atoms with E-state index in [4.69, 9.17) is 4.74 Å². The number of ether oxygens (including phenoxy) is 1. The average molecular weight is 405 g/mol. The van der Waals surface area contributed by atoms with Gasteiger partial charge in [-0.05, 0) is 61.9 Å². The second kappa shape index (κ2) is 10.5. The van der Waals surface area contributed by atoms with Gasteiger partial charge in [-0.3, -0.25) is 4.79 Å². The Balaban J connectivity index is 1.66. The third kappa shape index (κ3) is 5.40. The van der Waals surface area contributed by atoms with Crippen LogP contribution in [0.25, 0.3) is 6.08 Å². The van der Waals surface area contributed by atoms with Gasteiger partial charge in [-0.25, -0.2) is 0 Å². The van der Waals surface area contributed by atoms with Crippen LogP contribution in [0.3, 0.4) is 0 Å². The van der Waals surface area contributed by atoms with Gasteiger partial charge in [0.15, 0.2) is 0 Å². The first-order chi connectivity index (χ1) is 14.6. The minimum absolute atomic E-state index is 0.0721. The van der Waals surface area contributed by atoms with E-state index in [0.29, 0.717) is 5.69 Å². The van der Waals surface area contributed by atoms with Gasteiger partial charge in [0.05, 0.1) is 13.2 Å². The number of amides is 1. The Morgan fingerprint density at radius 2 is 1.73 bits per heavy atom. The Morgan fingerprint density at radius 3 is 2.30 bits per heavy atom. The normalized spacial score (nSPS) is 14.2. The molecule has 1 aliphatic rings. The summed E-state index contributed by atoms with van der Waals surface area (Å²) in [4.78, 5) is 17.1. The summed E-state index contributed by atoms with van der Waals surface area (Å²) in [6.07, 6.45) is 1.61. The minimum Gasteiger partial charge on any atom is -0.378 e. The molecule has 0 radical (unpaired) electrons. The van der Waals surface area contributed by atoms with Crippen molar-refractivity contribution < 1.29 is 9.53 Å². The molecule has 1 fully saturated rings. The van der Waals surface area contributed by atoms with Crippen molar-refractivity contribution in [1.29, 1.82) is 5.26 Å². The lowest BCUT2D eigenvalue weighted by atomic mass is 10.1. The third-order valence-corrected chi connectivity index (χ3v) is 5.20. The van der Waals surface area contributed by atoms with Crippen LogP contribution in [-0.4, -0.2) is 45.3 Å². The zero-order chi connectivity index (χ0) is 21.3. The number of hydrogen-bond donors (Lipinski definition) is 1. The first-order valence-corrected chi connectivity index (χ1v) is 10.4. The van der Waals surface area contributed by atoms with Gasteiger partial charge in [0.2, 0.25) is 0 Å². The van der Waals surface area contributed by atoms with E-state index in [9.17, 15) is 10.1 Å². The van der Waals surface area contributed by atoms with E-state index >= 15 is 0 Å². The van der Waals surface area contributed by atoms with Crippen LogP contribution in [0, 0.1) is 11.3 Å². The lowest BCUT2D eigenvalue weighted by molar-refractivity contribution is -0.112. The molecule has 0 atom stereocenters. The van der Waals surface area contributed by atoms with E-state index in [1.807, 2.05) is 54.6 Å². The van der Waals surface area contributed by atoms with Crippen molar-refractivity contribution in [3.05, 3.63) is 59.7 Å². The van der Waals surface area contributed by atoms with Gasteiger partial charge in [-0.2, -0.15) is 5.26 Å². The number of nitrogens with zero attached hydrogens (tertiary/aromatic N) is 3. The molecule has 1 heterocycles. The molecular formula is C24H28N4O2. The summed E-state index contributed by atoms with van der Waals surface area (Å²) in [5, 5.41) is 12.3. The molecule has 2 aromatic carbocycles. The van der Waals surface area contributed by atoms with E-state index in [1.54, 1.807) is 6.08 Å². The number of rotatable bonds is 7. The van der Waals surface area contributed by atoms with E-state index in [-0.39, 0.29) is 5.57 Å². The van der Waals surface area contributed by atoms with Crippen molar-refractivity contribution in [2.45, 2.75) is 13.8 Å². The lowest BCUT2D eigenvalue weighted by Gasteiger charge is -2.28. The maximum Gasteiger partial charge on any atom is 0.266 e. The molecule has 6 nitrogen and oxygen atoms in total. The Kier molecular flexibility index (Phi) is 7.47. The van der Waals surface area contributed by atoms with Gasteiger partial charge in [-0.1, -0.05) is 12.1 Å². The van der Waals surface area contributed by atoms with Gasteiger partial charge in [0.25, 0.3) is 5.91 Å². The maximum atomic E-state index is 12.6.